The number of nitrogens with one attached hydrogen (secondary N) is 1. The molecule has 1 unspecified atom stereocenters. The van der Waals surface area contributed by atoms with Gasteiger partial charge in [0.2, 0.25) is 0 Å². The lowest BCUT2D eigenvalue weighted by Gasteiger charge is -2.15. The molecule has 0 aromatic carbocycles. The molecule has 1 aromatic rings. The van der Waals surface area contributed by atoms with Gasteiger partial charge >= 0.3 is 5.97 Å². The lowest BCUT2D eigenvalue weighted by molar-refractivity contribution is -0.137. The second-order valence-corrected chi connectivity index (χ2v) is 6.90. The summed E-state index contributed by atoms with van der Waals surface area (Å²) in [7, 11) is -3.53. The highest BCUT2D eigenvalue weighted by molar-refractivity contribution is 7.89. The van der Waals surface area contributed by atoms with E-state index in [0.29, 0.717) is 38.2 Å². The SMILES string of the molecule is CCc1ncc(S(=O)(=O)N2CCC(CCC(=O)O)C2)[nH]1. The first kappa shape index (κ1) is 15.0. The van der Waals surface area contributed by atoms with Gasteiger partial charge in [-0.05, 0) is 18.8 Å². The Hall–Kier alpha value is -1.41. The van der Waals surface area contributed by atoms with E-state index in [1.807, 2.05) is 6.92 Å². The molecule has 2 heterocycles. The number of hydrogen-bond donors (Lipinski definition) is 2. The molecule has 8 heteroatoms. The standard InChI is InChI=1S/C12H19N3O4S/c1-2-10-13-7-11(14-10)20(18,19)15-6-5-9(8-15)3-4-12(16)17/h7,9H,2-6,8H2,1H3,(H,13,14)(H,16,17). The van der Waals surface area contributed by atoms with E-state index in [-0.39, 0.29) is 17.4 Å². The molecule has 1 aliphatic rings. The molecular formula is C12H19N3O4S. The molecule has 1 aromatic heterocycles. The minimum Gasteiger partial charge on any atom is -0.481 e. The Morgan fingerprint density at radius 2 is 2.35 bits per heavy atom. The molecule has 1 saturated heterocycles. The van der Waals surface area contributed by atoms with E-state index in [1.54, 1.807) is 0 Å². The number of aryl methyl sites for hydroxylation is 1. The van der Waals surface area contributed by atoms with Gasteiger partial charge in [0.25, 0.3) is 10.0 Å². The summed E-state index contributed by atoms with van der Waals surface area (Å²) in [4.78, 5) is 17.4. The van der Waals surface area contributed by atoms with Crippen molar-refractivity contribution in [3.05, 3.63) is 12.0 Å². The maximum atomic E-state index is 12.4. The molecule has 2 N–H and O–H groups in total. The van der Waals surface area contributed by atoms with Crippen LogP contribution in [0.2, 0.25) is 0 Å². The number of aromatic amines is 1. The quantitative estimate of drug-likeness (QED) is 0.810. The van der Waals surface area contributed by atoms with E-state index in [2.05, 4.69) is 9.97 Å². The Balaban J connectivity index is 2.02. The summed E-state index contributed by atoms with van der Waals surface area (Å²) in [5, 5.41) is 8.78. The molecule has 2 rings (SSSR count). The van der Waals surface area contributed by atoms with Crippen LogP contribution in [0.5, 0.6) is 0 Å². The number of nitrogens with zero attached hydrogens (tertiary/aromatic N) is 2. The van der Waals surface area contributed by atoms with Gasteiger partial charge in [0.05, 0.1) is 6.20 Å². The molecule has 1 atom stereocenters. The highest BCUT2D eigenvalue weighted by Crippen LogP contribution is 2.26. The number of aliphatic carboxylic acids is 1. The normalized spacial score (nSPS) is 20.4. The van der Waals surface area contributed by atoms with Crippen LogP contribution in [-0.4, -0.2) is 46.9 Å². The molecule has 112 valence electrons. The van der Waals surface area contributed by atoms with Crippen LogP contribution in [0.1, 0.15) is 32.0 Å². The van der Waals surface area contributed by atoms with Crippen molar-refractivity contribution in [1.29, 1.82) is 0 Å². The van der Waals surface area contributed by atoms with E-state index in [1.165, 1.54) is 10.5 Å². The number of aromatic nitrogens is 2. The van der Waals surface area contributed by atoms with Crippen molar-refractivity contribution in [1.82, 2.24) is 14.3 Å². The maximum absolute atomic E-state index is 12.4. The molecule has 20 heavy (non-hydrogen) atoms. The average Bonchev–Trinajstić information content (AvgIpc) is 3.05. The van der Waals surface area contributed by atoms with Crippen molar-refractivity contribution in [2.45, 2.75) is 37.6 Å². The second-order valence-electron chi connectivity index (χ2n) is 5.00. The van der Waals surface area contributed by atoms with Crippen molar-refractivity contribution in [2.75, 3.05) is 13.1 Å². The number of sulfonamides is 1. The molecule has 1 aliphatic heterocycles. The molecule has 0 saturated carbocycles. The molecule has 7 nitrogen and oxygen atoms in total. The van der Waals surface area contributed by atoms with Crippen molar-refractivity contribution in [3.63, 3.8) is 0 Å². The van der Waals surface area contributed by atoms with Crippen LogP contribution in [0, 0.1) is 5.92 Å². The Morgan fingerprint density at radius 3 is 2.95 bits per heavy atom. The van der Waals surface area contributed by atoms with Crippen LogP contribution >= 0.6 is 0 Å². The van der Waals surface area contributed by atoms with E-state index in [0.717, 1.165) is 0 Å². The summed E-state index contributed by atoms with van der Waals surface area (Å²) in [5.74, 6) is -0.0768. The number of carboxylic acid groups (broad SMARTS) is 1. The number of H-pyrrole nitrogens is 1. The smallest absolute Gasteiger partial charge is 0.303 e. The molecule has 0 amide bonds. The highest BCUT2D eigenvalue weighted by atomic mass is 32.2. The number of hydrogen-bond acceptors (Lipinski definition) is 4. The third-order valence-corrected chi connectivity index (χ3v) is 5.35. The Kier molecular flexibility index (Phi) is 4.44. The van der Waals surface area contributed by atoms with Crippen molar-refractivity contribution in [2.24, 2.45) is 5.92 Å². The fourth-order valence-electron chi connectivity index (χ4n) is 2.37. The Morgan fingerprint density at radius 1 is 1.60 bits per heavy atom. The van der Waals surface area contributed by atoms with Gasteiger partial charge in [-0.1, -0.05) is 6.92 Å². The molecule has 1 fully saturated rings. The van der Waals surface area contributed by atoms with E-state index >= 15 is 0 Å². The van der Waals surface area contributed by atoms with Gasteiger partial charge in [0.15, 0.2) is 5.03 Å². The third-order valence-electron chi connectivity index (χ3n) is 3.57. The largest absolute Gasteiger partial charge is 0.481 e. The third kappa shape index (κ3) is 3.18. The van der Waals surface area contributed by atoms with Gasteiger partial charge in [0.1, 0.15) is 5.82 Å². The zero-order chi connectivity index (χ0) is 14.8. The van der Waals surface area contributed by atoms with Crippen LogP contribution in [-0.2, 0) is 21.2 Å². The van der Waals surface area contributed by atoms with Gasteiger partial charge in [-0.3, -0.25) is 4.79 Å². The van der Waals surface area contributed by atoms with Gasteiger partial charge in [-0.15, -0.1) is 0 Å². The van der Waals surface area contributed by atoms with E-state index in [4.69, 9.17) is 5.11 Å². The maximum Gasteiger partial charge on any atom is 0.303 e. The second kappa shape index (κ2) is 5.92. The van der Waals surface area contributed by atoms with Gasteiger partial charge < -0.3 is 10.1 Å². The van der Waals surface area contributed by atoms with Crippen LogP contribution in [0.15, 0.2) is 11.2 Å². The Bertz CT molecular complexity index is 581. The summed E-state index contributed by atoms with van der Waals surface area (Å²) in [6.07, 6.45) is 3.31. The van der Waals surface area contributed by atoms with E-state index < -0.39 is 16.0 Å². The number of rotatable bonds is 6. The fourth-order valence-corrected chi connectivity index (χ4v) is 3.84. The average molecular weight is 301 g/mol. The predicted octanol–water partition coefficient (Wildman–Crippen LogP) is 0.847. The first-order chi connectivity index (χ1) is 9.43. The van der Waals surface area contributed by atoms with Crippen LogP contribution < -0.4 is 0 Å². The van der Waals surface area contributed by atoms with Crippen LogP contribution in [0.4, 0.5) is 0 Å². The van der Waals surface area contributed by atoms with Crippen molar-refractivity contribution >= 4 is 16.0 Å². The fraction of sp³-hybridized carbons (Fsp3) is 0.667. The highest BCUT2D eigenvalue weighted by Gasteiger charge is 2.33. The summed E-state index contributed by atoms with van der Waals surface area (Å²) < 4.78 is 26.2. The molecule has 0 bridgehead atoms. The first-order valence-corrected chi connectivity index (χ1v) is 8.13. The number of carbonyl (C=O) groups is 1. The zero-order valence-corrected chi connectivity index (χ0v) is 12.2. The molecular weight excluding hydrogens is 282 g/mol. The van der Waals surface area contributed by atoms with Crippen LogP contribution in [0.3, 0.4) is 0 Å². The predicted molar refractivity (Wildman–Crippen MR) is 71.7 cm³/mol. The molecule has 0 aliphatic carbocycles. The lowest BCUT2D eigenvalue weighted by atomic mass is 10.0. The van der Waals surface area contributed by atoms with Gasteiger partial charge in [0, 0.05) is 25.9 Å². The zero-order valence-electron chi connectivity index (χ0n) is 11.4. The monoisotopic (exact) mass is 301 g/mol. The first-order valence-electron chi connectivity index (χ1n) is 6.69. The minimum absolute atomic E-state index is 0.0859. The van der Waals surface area contributed by atoms with Crippen molar-refractivity contribution < 1.29 is 18.3 Å². The number of imidazole rings is 1. The summed E-state index contributed by atoms with van der Waals surface area (Å²) in [6.45, 7) is 2.72. The van der Waals surface area contributed by atoms with Gasteiger partial charge in [-0.25, -0.2) is 13.4 Å². The number of carboxylic acids is 1. The summed E-state index contributed by atoms with van der Waals surface area (Å²) in [6, 6.07) is 0. The van der Waals surface area contributed by atoms with Crippen LogP contribution in [0.25, 0.3) is 0 Å². The summed E-state index contributed by atoms with van der Waals surface area (Å²) in [5.41, 5.74) is 0. The van der Waals surface area contributed by atoms with E-state index in [9.17, 15) is 13.2 Å². The van der Waals surface area contributed by atoms with Crippen molar-refractivity contribution in [3.8, 4) is 0 Å². The molecule has 0 radical (unpaired) electrons. The molecule has 0 spiro atoms. The topological polar surface area (TPSA) is 103 Å². The minimum atomic E-state index is -3.53. The Labute approximate surface area is 118 Å². The summed E-state index contributed by atoms with van der Waals surface area (Å²) >= 11 is 0. The van der Waals surface area contributed by atoms with Gasteiger partial charge in [-0.2, -0.15) is 4.31 Å². The lowest BCUT2D eigenvalue weighted by Crippen LogP contribution is -2.29.